The maximum Gasteiger partial charge on any atom is 0.356 e. The number of ether oxygens (including phenoxy) is 1. The van der Waals surface area contributed by atoms with Crippen LogP contribution in [0.3, 0.4) is 0 Å². The number of benzene rings is 1. The summed E-state index contributed by atoms with van der Waals surface area (Å²) in [7, 11) is 0. The molecule has 6 nitrogen and oxygen atoms in total. The molecule has 1 fully saturated rings. The summed E-state index contributed by atoms with van der Waals surface area (Å²) in [5.74, 6) is 0.728. The number of halogens is 1. The number of nitrogens with one attached hydrogen (secondary N) is 2. The molecule has 0 bridgehead atoms. The van der Waals surface area contributed by atoms with Gasteiger partial charge in [-0.3, -0.25) is 9.69 Å². The molecule has 3 rings (SSSR count). The van der Waals surface area contributed by atoms with E-state index >= 15 is 0 Å². The molecule has 1 saturated heterocycles. The second-order valence-corrected chi connectivity index (χ2v) is 7.32. The third kappa shape index (κ3) is 3.86. The van der Waals surface area contributed by atoms with Crippen LogP contribution in [0, 0.1) is 5.82 Å². The quantitative estimate of drug-likeness (QED) is 0.782. The van der Waals surface area contributed by atoms with Crippen LogP contribution in [0.15, 0.2) is 18.2 Å². The molecule has 0 aliphatic carbocycles. The smallest absolute Gasteiger partial charge is 0.356 e. The predicted molar refractivity (Wildman–Crippen MR) is 101 cm³/mol. The summed E-state index contributed by atoms with van der Waals surface area (Å²) < 4.78 is 18.8. The molecule has 1 aliphatic heterocycles. The van der Waals surface area contributed by atoms with Crippen LogP contribution in [0.25, 0.3) is 10.9 Å². The number of nitrogens with zero attached hydrogens (tertiary/aromatic N) is 1. The van der Waals surface area contributed by atoms with Gasteiger partial charge in [0.05, 0.1) is 18.3 Å². The molecule has 8 heteroatoms. The number of carbonyl (C=O) groups is 2. The average Bonchev–Trinajstić information content (AvgIpc) is 3.00. The highest BCUT2D eigenvalue weighted by atomic mass is 32.2. The number of thioether (sulfide) groups is 1. The first kappa shape index (κ1) is 18.7. The molecule has 26 heavy (non-hydrogen) atoms. The van der Waals surface area contributed by atoms with Crippen LogP contribution in [0.2, 0.25) is 0 Å². The lowest BCUT2D eigenvalue weighted by atomic mass is 10.2. The Hall–Kier alpha value is -2.06. The summed E-state index contributed by atoms with van der Waals surface area (Å²) in [5, 5.41) is 3.26. The molecule has 0 spiro atoms. The van der Waals surface area contributed by atoms with Gasteiger partial charge in [0.2, 0.25) is 5.91 Å². The highest BCUT2D eigenvalue weighted by molar-refractivity contribution is 7.99. The zero-order valence-corrected chi connectivity index (χ0v) is 15.6. The average molecular weight is 379 g/mol. The topological polar surface area (TPSA) is 74.4 Å². The maximum absolute atomic E-state index is 13.7. The second kappa shape index (κ2) is 8.09. The number of anilines is 1. The van der Waals surface area contributed by atoms with Crippen LogP contribution in [0.1, 0.15) is 24.3 Å². The number of carbonyl (C=O) groups excluding carboxylic acids is 2. The Morgan fingerprint density at radius 1 is 1.38 bits per heavy atom. The van der Waals surface area contributed by atoms with Gasteiger partial charge in [0.25, 0.3) is 0 Å². The predicted octanol–water partition coefficient (Wildman–Crippen LogP) is 2.86. The molecular formula is C18H22FN3O3S. The fourth-order valence-electron chi connectivity index (χ4n) is 3.01. The van der Waals surface area contributed by atoms with Crippen molar-refractivity contribution in [2.45, 2.75) is 19.9 Å². The molecule has 2 aromatic rings. The first-order chi connectivity index (χ1) is 12.5. The van der Waals surface area contributed by atoms with Crippen molar-refractivity contribution in [3.63, 3.8) is 0 Å². The van der Waals surface area contributed by atoms with Crippen molar-refractivity contribution in [3.05, 3.63) is 29.7 Å². The number of esters is 1. The van der Waals surface area contributed by atoms with Gasteiger partial charge < -0.3 is 15.0 Å². The van der Waals surface area contributed by atoms with Crippen LogP contribution in [-0.4, -0.2) is 59.0 Å². The summed E-state index contributed by atoms with van der Waals surface area (Å²) >= 11 is 1.87. The van der Waals surface area contributed by atoms with E-state index in [1.807, 2.05) is 18.7 Å². The first-order valence-corrected chi connectivity index (χ1v) is 9.77. The van der Waals surface area contributed by atoms with Crippen molar-refractivity contribution in [3.8, 4) is 0 Å². The molecule has 140 valence electrons. The van der Waals surface area contributed by atoms with E-state index in [1.54, 1.807) is 6.92 Å². The molecule has 2 N–H and O–H groups in total. The van der Waals surface area contributed by atoms with Crippen molar-refractivity contribution in [2.75, 3.05) is 36.5 Å². The van der Waals surface area contributed by atoms with Crippen molar-refractivity contribution in [1.82, 2.24) is 9.88 Å². The van der Waals surface area contributed by atoms with E-state index < -0.39 is 11.8 Å². The fraction of sp³-hybridized carbons (Fsp3) is 0.444. The van der Waals surface area contributed by atoms with Crippen molar-refractivity contribution in [1.29, 1.82) is 0 Å². The van der Waals surface area contributed by atoms with E-state index in [0.29, 0.717) is 10.9 Å². The Balaban J connectivity index is 1.91. The first-order valence-electron chi connectivity index (χ1n) is 8.62. The highest BCUT2D eigenvalue weighted by Gasteiger charge is 2.26. The monoisotopic (exact) mass is 379 g/mol. The minimum absolute atomic E-state index is 0.127. The van der Waals surface area contributed by atoms with Gasteiger partial charge in [0, 0.05) is 35.5 Å². The van der Waals surface area contributed by atoms with E-state index in [0.717, 1.165) is 24.6 Å². The lowest BCUT2D eigenvalue weighted by Crippen LogP contribution is -2.46. The van der Waals surface area contributed by atoms with E-state index in [2.05, 4.69) is 15.2 Å². The van der Waals surface area contributed by atoms with E-state index in [-0.39, 0.29) is 29.9 Å². The van der Waals surface area contributed by atoms with E-state index in [1.165, 1.54) is 18.2 Å². The molecule has 1 atom stereocenters. The van der Waals surface area contributed by atoms with E-state index in [9.17, 15) is 14.0 Å². The standard InChI is InChI=1S/C18H22FN3O3S/c1-3-25-18(24)16-15(13-10-12(19)4-5-14(13)20-16)21-17(23)11(2)22-6-8-26-9-7-22/h4-5,10-11,20H,3,6-9H2,1-2H3,(H,21,23)/t11-/m1/s1. The van der Waals surface area contributed by atoms with E-state index in [4.69, 9.17) is 4.74 Å². The Morgan fingerprint density at radius 3 is 2.81 bits per heavy atom. The van der Waals surface area contributed by atoms with Crippen molar-refractivity contribution in [2.24, 2.45) is 0 Å². The zero-order chi connectivity index (χ0) is 18.7. The van der Waals surface area contributed by atoms with Crippen molar-refractivity contribution < 1.29 is 18.7 Å². The maximum atomic E-state index is 13.7. The number of aromatic nitrogens is 1. The van der Waals surface area contributed by atoms with Crippen LogP contribution < -0.4 is 5.32 Å². The number of hydrogen-bond donors (Lipinski definition) is 2. The van der Waals surface area contributed by atoms with Gasteiger partial charge in [-0.05, 0) is 32.0 Å². The number of H-pyrrole nitrogens is 1. The third-order valence-corrected chi connectivity index (χ3v) is 5.40. The summed E-state index contributed by atoms with van der Waals surface area (Å²) in [5.41, 5.74) is 0.954. The third-order valence-electron chi connectivity index (χ3n) is 4.46. The lowest BCUT2D eigenvalue weighted by molar-refractivity contribution is -0.120. The molecule has 0 unspecified atom stereocenters. The SMILES string of the molecule is CCOC(=O)c1[nH]c2ccc(F)cc2c1NC(=O)[C@@H](C)N1CCSCC1. The summed E-state index contributed by atoms with van der Waals surface area (Å²) in [4.78, 5) is 30.0. The minimum atomic E-state index is -0.582. The van der Waals surface area contributed by atoms with Crippen LogP contribution >= 0.6 is 11.8 Å². The molecule has 1 aliphatic rings. The Bertz CT molecular complexity index is 817. The Kier molecular flexibility index (Phi) is 5.83. The largest absolute Gasteiger partial charge is 0.461 e. The summed E-state index contributed by atoms with van der Waals surface area (Å²) in [6.07, 6.45) is 0. The number of rotatable bonds is 5. The summed E-state index contributed by atoms with van der Waals surface area (Å²) in [6.45, 7) is 5.43. The molecule has 0 saturated carbocycles. The minimum Gasteiger partial charge on any atom is -0.461 e. The molecule has 1 aromatic heterocycles. The van der Waals surface area contributed by atoms with Gasteiger partial charge in [-0.15, -0.1) is 0 Å². The number of aromatic amines is 1. The lowest BCUT2D eigenvalue weighted by Gasteiger charge is -2.31. The van der Waals surface area contributed by atoms with Gasteiger partial charge in [-0.25, -0.2) is 9.18 Å². The Morgan fingerprint density at radius 2 is 2.12 bits per heavy atom. The normalized spacial score (nSPS) is 16.4. The molecule has 1 amide bonds. The molecule has 0 radical (unpaired) electrons. The molecule has 1 aromatic carbocycles. The van der Waals surface area contributed by atoms with Gasteiger partial charge in [-0.2, -0.15) is 11.8 Å². The van der Waals surface area contributed by atoms with Gasteiger partial charge >= 0.3 is 5.97 Å². The number of hydrogen-bond acceptors (Lipinski definition) is 5. The summed E-state index contributed by atoms with van der Waals surface area (Å²) in [6, 6.07) is 3.79. The zero-order valence-electron chi connectivity index (χ0n) is 14.8. The second-order valence-electron chi connectivity index (χ2n) is 6.10. The van der Waals surface area contributed by atoms with Crippen LogP contribution in [0.4, 0.5) is 10.1 Å². The van der Waals surface area contributed by atoms with Crippen LogP contribution in [-0.2, 0) is 9.53 Å². The number of amides is 1. The van der Waals surface area contributed by atoms with Gasteiger partial charge in [0.1, 0.15) is 11.5 Å². The fourth-order valence-corrected chi connectivity index (χ4v) is 3.94. The Labute approximate surface area is 155 Å². The van der Waals surface area contributed by atoms with Gasteiger partial charge in [-0.1, -0.05) is 0 Å². The highest BCUT2D eigenvalue weighted by Crippen LogP contribution is 2.29. The molecular weight excluding hydrogens is 357 g/mol. The van der Waals surface area contributed by atoms with Crippen molar-refractivity contribution >= 4 is 40.2 Å². The van der Waals surface area contributed by atoms with Gasteiger partial charge in [0.15, 0.2) is 0 Å². The number of fused-ring (bicyclic) bond motifs is 1. The van der Waals surface area contributed by atoms with Crippen LogP contribution in [0.5, 0.6) is 0 Å². The molecule has 2 heterocycles.